The average Bonchev–Trinajstić information content (AvgIpc) is 1.90. The molecule has 0 amide bonds. The minimum Gasteiger partial charge on any atom is -0.395 e. The van der Waals surface area contributed by atoms with Crippen LogP contribution < -0.4 is 0 Å². The molecule has 0 aliphatic rings. The summed E-state index contributed by atoms with van der Waals surface area (Å²) in [5, 5.41) is 9.31. The van der Waals surface area contributed by atoms with Crippen molar-refractivity contribution in [2.75, 3.05) is 19.1 Å². The molecule has 1 nitrogen and oxygen atoms in total. The van der Waals surface area contributed by atoms with E-state index in [2.05, 4.69) is 20.1 Å². The first-order valence-electron chi connectivity index (χ1n) is 3.27. The van der Waals surface area contributed by atoms with E-state index in [0.29, 0.717) is 5.25 Å². The summed E-state index contributed by atoms with van der Waals surface area (Å²) in [6, 6.07) is 0. The highest BCUT2D eigenvalue weighted by Crippen LogP contribution is 2.31. The van der Waals surface area contributed by atoms with E-state index in [1.165, 1.54) is 0 Å². The Hall–Kier alpha value is 0.660. The molecule has 0 bridgehead atoms. The van der Waals surface area contributed by atoms with Crippen LogP contribution in [0.25, 0.3) is 0 Å². The van der Waals surface area contributed by atoms with Crippen LogP contribution in [0.5, 0.6) is 0 Å². The van der Waals surface area contributed by atoms with Gasteiger partial charge in [-0.3, -0.25) is 0 Å². The summed E-state index contributed by atoms with van der Waals surface area (Å²) in [6.45, 7) is 4.60. The molecule has 0 saturated heterocycles. The Morgan fingerprint density at radius 2 is 1.90 bits per heavy atom. The molecule has 0 radical (unpaired) electrons. The van der Waals surface area contributed by atoms with Gasteiger partial charge in [0.05, 0.1) is 6.61 Å². The van der Waals surface area contributed by atoms with Gasteiger partial charge in [-0.15, -0.1) is 0 Å². The molecule has 0 fully saturated rings. The van der Waals surface area contributed by atoms with Crippen LogP contribution in [0.3, 0.4) is 0 Å². The molecule has 0 aliphatic carbocycles. The van der Waals surface area contributed by atoms with Crippen molar-refractivity contribution < 1.29 is 5.11 Å². The number of hydrogen-bond donors (Lipinski definition) is 1. The van der Waals surface area contributed by atoms with Gasteiger partial charge in [0.1, 0.15) is 0 Å². The van der Waals surface area contributed by atoms with Crippen LogP contribution in [0.1, 0.15) is 13.8 Å². The summed E-state index contributed by atoms with van der Waals surface area (Å²) >= 11 is 3.53. The number of hydrogen-bond acceptors (Lipinski definition) is 3. The van der Waals surface area contributed by atoms with Crippen molar-refractivity contribution >= 4 is 23.5 Å². The van der Waals surface area contributed by atoms with E-state index in [1.54, 1.807) is 23.5 Å². The maximum Gasteiger partial charge on any atom is 0.0563 e. The van der Waals surface area contributed by atoms with Gasteiger partial charge in [-0.25, -0.2) is 0 Å². The molecule has 0 saturated carbocycles. The van der Waals surface area contributed by atoms with Crippen molar-refractivity contribution in [1.82, 2.24) is 0 Å². The minimum atomic E-state index is 0.189. The quantitative estimate of drug-likeness (QED) is 0.713. The molecule has 0 aromatic heterocycles. The lowest BCUT2D eigenvalue weighted by atomic mass is 10.1. The van der Waals surface area contributed by atoms with Gasteiger partial charge in [0.2, 0.25) is 0 Å². The molecule has 0 aromatic rings. The number of aliphatic hydroxyl groups excluding tert-OH is 1. The average molecular weight is 180 g/mol. The molecule has 3 heteroatoms. The highest BCUT2D eigenvalue weighted by atomic mass is 32.2. The number of aliphatic hydroxyl groups is 1. The summed E-state index contributed by atoms with van der Waals surface area (Å²) in [6.07, 6.45) is 4.12. The van der Waals surface area contributed by atoms with Gasteiger partial charge in [-0.05, 0) is 26.4 Å². The molecule has 10 heavy (non-hydrogen) atoms. The molecule has 1 N–H and O–H groups in total. The van der Waals surface area contributed by atoms with Crippen molar-refractivity contribution in [2.45, 2.75) is 23.8 Å². The third-order valence-electron chi connectivity index (χ3n) is 1.75. The van der Waals surface area contributed by atoms with Crippen molar-refractivity contribution in [3.63, 3.8) is 0 Å². The van der Waals surface area contributed by atoms with E-state index in [1.807, 2.05) is 6.26 Å². The predicted octanol–water partition coefficient (Wildman–Crippen LogP) is 1.85. The fraction of sp³-hybridized carbons (Fsp3) is 1.00. The van der Waals surface area contributed by atoms with Gasteiger partial charge >= 0.3 is 0 Å². The van der Waals surface area contributed by atoms with Crippen LogP contribution in [0.2, 0.25) is 0 Å². The standard InChI is InChI=1S/C7H16OS2/c1-7(2,10-4)6(5-8)9-3/h6,8H,5H2,1-4H3. The van der Waals surface area contributed by atoms with Gasteiger partial charge in [-0.2, -0.15) is 23.5 Å². The Morgan fingerprint density at radius 3 is 2.00 bits per heavy atom. The number of rotatable bonds is 4. The highest BCUT2D eigenvalue weighted by Gasteiger charge is 2.26. The van der Waals surface area contributed by atoms with Crippen LogP contribution in [0.15, 0.2) is 0 Å². The van der Waals surface area contributed by atoms with Crippen LogP contribution in [-0.2, 0) is 0 Å². The maximum atomic E-state index is 8.96. The normalized spacial score (nSPS) is 15.3. The molecular formula is C7H16OS2. The Morgan fingerprint density at radius 1 is 1.40 bits per heavy atom. The van der Waals surface area contributed by atoms with E-state index < -0.39 is 0 Å². The zero-order valence-electron chi connectivity index (χ0n) is 7.05. The zero-order chi connectivity index (χ0) is 8.20. The van der Waals surface area contributed by atoms with Gasteiger partial charge in [0.25, 0.3) is 0 Å². The second-order valence-corrected chi connectivity index (χ2v) is 5.22. The highest BCUT2D eigenvalue weighted by molar-refractivity contribution is 8.03. The van der Waals surface area contributed by atoms with Crippen molar-refractivity contribution in [2.24, 2.45) is 0 Å². The fourth-order valence-corrected chi connectivity index (χ4v) is 2.34. The summed E-state index contributed by atoms with van der Waals surface area (Å²) in [4.78, 5) is 0. The van der Waals surface area contributed by atoms with Gasteiger partial charge in [-0.1, -0.05) is 0 Å². The summed E-state index contributed by atoms with van der Waals surface area (Å²) in [7, 11) is 0. The Kier molecular flexibility index (Phi) is 4.82. The van der Waals surface area contributed by atoms with E-state index in [0.717, 1.165) is 0 Å². The summed E-state index contributed by atoms with van der Waals surface area (Å²) in [5.74, 6) is 0. The first-order valence-corrected chi connectivity index (χ1v) is 5.78. The topological polar surface area (TPSA) is 20.2 Å². The number of thioether (sulfide) groups is 2. The maximum absolute atomic E-state index is 8.96. The summed E-state index contributed by atoms with van der Waals surface area (Å²) < 4.78 is 0.189. The first kappa shape index (κ1) is 10.7. The molecule has 0 rings (SSSR count). The predicted molar refractivity (Wildman–Crippen MR) is 52.0 cm³/mol. The molecule has 0 heterocycles. The third-order valence-corrected chi connectivity index (χ3v) is 4.55. The fourth-order valence-electron chi connectivity index (χ4n) is 0.710. The molecule has 1 unspecified atom stereocenters. The minimum absolute atomic E-state index is 0.189. The van der Waals surface area contributed by atoms with Gasteiger partial charge in [0.15, 0.2) is 0 Å². The Balaban J connectivity index is 3.97. The molecular weight excluding hydrogens is 164 g/mol. The Bertz CT molecular complexity index is 89.6. The molecule has 0 aliphatic heterocycles. The molecule has 62 valence electrons. The van der Waals surface area contributed by atoms with Crippen LogP contribution in [0, 0.1) is 0 Å². The van der Waals surface area contributed by atoms with Crippen LogP contribution in [-0.4, -0.2) is 34.2 Å². The second kappa shape index (κ2) is 4.52. The smallest absolute Gasteiger partial charge is 0.0563 e. The molecule has 0 spiro atoms. The van der Waals surface area contributed by atoms with E-state index in [-0.39, 0.29) is 11.4 Å². The van der Waals surface area contributed by atoms with Crippen molar-refractivity contribution in [3.8, 4) is 0 Å². The third kappa shape index (κ3) is 2.72. The lowest BCUT2D eigenvalue weighted by Crippen LogP contribution is -2.32. The van der Waals surface area contributed by atoms with Crippen LogP contribution >= 0.6 is 23.5 Å². The van der Waals surface area contributed by atoms with Crippen LogP contribution in [0.4, 0.5) is 0 Å². The zero-order valence-corrected chi connectivity index (χ0v) is 8.68. The second-order valence-electron chi connectivity index (χ2n) is 2.71. The largest absolute Gasteiger partial charge is 0.395 e. The lowest BCUT2D eigenvalue weighted by Gasteiger charge is -2.29. The molecule has 0 aromatic carbocycles. The Labute approximate surface area is 72.0 Å². The van der Waals surface area contributed by atoms with E-state index >= 15 is 0 Å². The monoisotopic (exact) mass is 180 g/mol. The first-order chi connectivity index (χ1) is 4.58. The lowest BCUT2D eigenvalue weighted by molar-refractivity contribution is 0.282. The summed E-state index contributed by atoms with van der Waals surface area (Å²) in [5.41, 5.74) is 0. The van der Waals surface area contributed by atoms with Gasteiger partial charge in [0, 0.05) is 10.00 Å². The van der Waals surface area contributed by atoms with Crippen molar-refractivity contribution in [3.05, 3.63) is 0 Å². The SMILES string of the molecule is CSC(CO)C(C)(C)SC. The van der Waals surface area contributed by atoms with E-state index in [9.17, 15) is 0 Å². The van der Waals surface area contributed by atoms with Crippen molar-refractivity contribution in [1.29, 1.82) is 0 Å². The van der Waals surface area contributed by atoms with E-state index in [4.69, 9.17) is 5.11 Å². The molecule has 1 atom stereocenters. The van der Waals surface area contributed by atoms with Gasteiger partial charge < -0.3 is 5.11 Å².